The normalized spacial score (nSPS) is 12.3. The molecule has 0 fully saturated rings. The summed E-state index contributed by atoms with van der Waals surface area (Å²) in [6.07, 6.45) is 2.11. The first-order valence-electron chi connectivity index (χ1n) is 10.7. The molecular formula is C28H21N4+. The monoisotopic (exact) mass is 413 g/mol. The van der Waals surface area contributed by atoms with Crippen LogP contribution in [0.4, 0.5) is 5.69 Å². The molecule has 6 rings (SSSR count). The van der Waals surface area contributed by atoms with Crippen molar-refractivity contribution in [3.05, 3.63) is 88.7 Å². The molecule has 3 heterocycles. The minimum Gasteiger partial charge on any atom is -0.308 e. The Kier molecular flexibility index (Phi) is 3.47. The van der Waals surface area contributed by atoms with Gasteiger partial charge in [-0.2, -0.15) is 0 Å². The summed E-state index contributed by atoms with van der Waals surface area (Å²) in [5, 5.41) is 5.83. The largest absolute Gasteiger partial charge is 0.308 e. The van der Waals surface area contributed by atoms with Crippen molar-refractivity contribution >= 4 is 54.7 Å². The molecule has 3 aromatic carbocycles. The smallest absolute Gasteiger partial charge is 0.252 e. The molecule has 4 nitrogen and oxygen atoms in total. The molecule has 0 unspecified atom stereocenters. The van der Waals surface area contributed by atoms with Crippen LogP contribution in [0.3, 0.4) is 0 Å². The number of fused-ring (bicyclic) bond motifs is 5. The van der Waals surface area contributed by atoms with Crippen LogP contribution in [0.5, 0.6) is 0 Å². The van der Waals surface area contributed by atoms with Crippen LogP contribution in [0.15, 0.2) is 54.7 Å². The number of nitrogens with zero attached hydrogens (tertiary/aromatic N) is 4. The molecular weight excluding hydrogens is 392 g/mol. The van der Waals surface area contributed by atoms with E-state index in [9.17, 15) is 0 Å². The molecule has 3 aromatic heterocycles. The van der Waals surface area contributed by atoms with Gasteiger partial charge in [-0.1, -0.05) is 18.2 Å². The third-order valence-corrected chi connectivity index (χ3v) is 6.93. The second-order valence-electron chi connectivity index (χ2n) is 9.21. The summed E-state index contributed by atoms with van der Waals surface area (Å²) in [7, 11) is 2.10. The molecule has 0 aliphatic rings. The maximum atomic E-state index is 7.76. The lowest BCUT2D eigenvalue weighted by Crippen LogP contribution is -2.29. The van der Waals surface area contributed by atoms with E-state index < -0.39 is 5.54 Å². The van der Waals surface area contributed by atoms with Crippen LogP contribution in [0, 0.1) is 20.1 Å². The van der Waals surface area contributed by atoms with Gasteiger partial charge in [0.05, 0.1) is 33.9 Å². The van der Waals surface area contributed by atoms with E-state index in [1.807, 2.05) is 26.0 Å². The molecule has 6 aromatic rings. The topological polar surface area (TPSA) is 17.0 Å². The molecule has 0 aliphatic carbocycles. The van der Waals surface area contributed by atoms with Gasteiger partial charge in [0.2, 0.25) is 5.52 Å². The minimum atomic E-state index is -0.616. The zero-order valence-corrected chi connectivity index (χ0v) is 18.5. The number of aryl methyl sites for hydroxylation is 2. The predicted octanol–water partition coefficient (Wildman–Crippen LogP) is 6.83. The molecule has 0 aliphatic heterocycles. The highest BCUT2D eigenvalue weighted by Crippen LogP contribution is 2.42. The third kappa shape index (κ3) is 2.17. The van der Waals surface area contributed by atoms with E-state index in [-0.39, 0.29) is 0 Å². The SMILES string of the molecule is [C-]#[N+]c1ccc2c(c1)c1ccc(C)c3c1n2c1cc(C(C)(C)[N+]#[C-])cc2cc[n+](C)c3c21. The van der Waals surface area contributed by atoms with Crippen molar-refractivity contribution in [1.29, 1.82) is 0 Å². The standard InChI is InChI=1S/C28H21N4/c1-16-7-9-20-21-15-19(29-4)8-10-22(21)32-23-14-18(28(2,3)30-5)13-17-11-12-31(6)27(25(17)23)24(16)26(20)32/h7-15H,1-3,6H3/q+1. The first-order valence-corrected chi connectivity index (χ1v) is 10.7. The van der Waals surface area contributed by atoms with Gasteiger partial charge in [0.1, 0.15) is 7.05 Å². The van der Waals surface area contributed by atoms with E-state index in [0.717, 1.165) is 32.8 Å². The minimum absolute atomic E-state index is 0.616. The van der Waals surface area contributed by atoms with Gasteiger partial charge < -0.3 is 9.25 Å². The number of rotatable bonds is 1. The molecule has 0 saturated heterocycles. The Morgan fingerprint density at radius 3 is 2.47 bits per heavy atom. The van der Waals surface area contributed by atoms with Gasteiger partial charge in [-0.15, -0.1) is 0 Å². The average Bonchev–Trinajstić information content (AvgIpc) is 3.13. The average molecular weight is 414 g/mol. The number of hydrogen-bond donors (Lipinski definition) is 0. The van der Waals surface area contributed by atoms with Crippen LogP contribution in [0.25, 0.3) is 58.7 Å². The summed E-state index contributed by atoms with van der Waals surface area (Å²) < 4.78 is 4.55. The lowest BCUT2D eigenvalue weighted by atomic mass is 9.91. The molecule has 0 radical (unpaired) electrons. The summed E-state index contributed by atoms with van der Waals surface area (Å²) >= 11 is 0. The van der Waals surface area contributed by atoms with Crippen molar-refractivity contribution in [1.82, 2.24) is 4.40 Å². The summed E-state index contributed by atoms with van der Waals surface area (Å²) in [4.78, 5) is 7.58. The highest BCUT2D eigenvalue weighted by molar-refractivity contribution is 6.26. The molecule has 0 bridgehead atoms. The van der Waals surface area contributed by atoms with E-state index in [1.165, 1.54) is 27.4 Å². The molecule has 0 N–H and O–H groups in total. The summed E-state index contributed by atoms with van der Waals surface area (Å²) in [5.41, 5.74) is 6.85. The Morgan fingerprint density at radius 2 is 1.72 bits per heavy atom. The summed E-state index contributed by atoms with van der Waals surface area (Å²) in [5.74, 6) is 0. The van der Waals surface area contributed by atoms with E-state index >= 15 is 0 Å². The molecule has 0 spiro atoms. The molecule has 0 amide bonds. The molecule has 4 heteroatoms. The Balaban J connectivity index is 2.03. The second kappa shape index (κ2) is 5.96. The van der Waals surface area contributed by atoms with E-state index in [1.54, 1.807) is 0 Å². The summed E-state index contributed by atoms with van der Waals surface area (Å²) in [6.45, 7) is 21.4. The van der Waals surface area contributed by atoms with Gasteiger partial charge in [-0.25, -0.2) is 16.0 Å². The van der Waals surface area contributed by atoms with Crippen molar-refractivity contribution in [2.24, 2.45) is 7.05 Å². The molecule has 152 valence electrons. The van der Waals surface area contributed by atoms with E-state index in [0.29, 0.717) is 5.69 Å². The van der Waals surface area contributed by atoms with E-state index in [4.69, 9.17) is 13.1 Å². The number of hydrogen-bond acceptors (Lipinski definition) is 0. The van der Waals surface area contributed by atoms with Crippen LogP contribution in [-0.4, -0.2) is 4.40 Å². The molecule has 0 saturated carbocycles. The second-order valence-corrected chi connectivity index (χ2v) is 9.21. The summed E-state index contributed by atoms with van der Waals surface area (Å²) in [6, 6.07) is 16.8. The molecule has 32 heavy (non-hydrogen) atoms. The van der Waals surface area contributed by atoms with Gasteiger partial charge in [0.15, 0.2) is 11.9 Å². The van der Waals surface area contributed by atoms with Crippen molar-refractivity contribution in [2.45, 2.75) is 26.3 Å². The van der Waals surface area contributed by atoms with Crippen molar-refractivity contribution in [3.63, 3.8) is 0 Å². The predicted molar refractivity (Wildman–Crippen MR) is 130 cm³/mol. The van der Waals surface area contributed by atoms with Gasteiger partial charge >= 0.3 is 0 Å². The fourth-order valence-electron chi connectivity index (χ4n) is 5.19. The zero-order chi connectivity index (χ0) is 22.4. The highest BCUT2D eigenvalue weighted by Gasteiger charge is 2.30. The van der Waals surface area contributed by atoms with Gasteiger partial charge in [0.25, 0.3) is 5.54 Å². The van der Waals surface area contributed by atoms with Crippen molar-refractivity contribution in [3.8, 4) is 0 Å². The maximum Gasteiger partial charge on any atom is 0.252 e. The van der Waals surface area contributed by atoms with E-state index in [2.05, 4.69) is 75.2 Å². The first-order chi connectivity index (χ1) is 15.4. The lowest BCUT2D eigenvalue weighted by molar-refractivity contribution is -0.643. The quantitative estimate of drug-likeness (QED) is 0.122. The number of benzene rings is 3. The Morgan fingerprint density at radius 1 is 0.906 bits per heavy atom. The van der Waals surface area contributed by atoms with Crippen LogP contribution >= 0.6 is 0 Å². The molecule has 0 atom stereocenters. The van der Waals surface area contributed by atoms with Crippen molar-refractivity contribution in [2.75, 3.05) is 0 Å². The number of aromatic nitrogens is 2. The fourth-order valence-corrected chi connectivity index (χ4v) is 5.19. The van der Waals surface area contributed by atoms with Gasteiger partial charge in [0, 0.05) is 30.9 Å². The van der Waals surface area contributed by atoms with Crippen LogP contribution in [-0.2, 0) is 12.6 Å². The third-order valence-electron chi connectivity index (χ3n) is 6.93. The zero-order valence-electron chi connectivity index (χ0n) is 18.5. The Hall–Kier alpha value is -4.15. The number of pyridine rings is 2. The fraction of sp³-hybridized carbons (Fsp3) is 0.179. The maximum absolute atomic E-state index is 7.76. The highest BCUT2D eigenvalue weighted by atomic mass is 15.0. The van der Waals surface area contributed by atoms with Crippen LogP contribution in [0.2, 0.25) is 0 Å². The van der Waals surface area contributed by atoms with Gasteiger partial charge in [-0.05, 0) is 47.5 Å². The Bertz CT molecular complexity index is 1840. The first kappa shape index (κ1) is 18.6. The van der Waals surface area contributed by atoms with Crippen LogP contribution in [0.1, 0.15) is 25.0 Å². The Labute approximate surface area is 185 Å². The lowest BCUT2D eigenvalue weighted by Gasteiger charge is -2.17. The van der Waals surface area contributed by atoms with Crippen LogP contribution < -0.4 is 4.57 Å². The van der Waals surface area contributed by atoms with Gasteiger partial charge in [-0.3, -0.25) is 0 Å². The van der Waals surface area contributed by atoms with Crippen molar-refractivity contribution < 1.29 is 4.57 Å².